The summed E-state index contributed by atoms with van der Waals surface area (Å²) in [6.07, 6.45) is 0. The van der Waals surface area contributed by atoms with Crippen LogP contribution in [-0.4, -0.2) is 23.3 Å². The summed E-state index contributed by atoms with van der Waals surface area (Å²) in [5, 5.41) is 3.12. The summed E-state index contributed by atoms with van der Waals surface area (Å²) in [6, 6.07) is 13.5. The molecule has 0 bridgehead atoms. The number of rotatable bonds is 6. The first kappa shape index (κ1) is 19.8. The Kier molecular flexibility index (Phi) is 5.90. The van der Waals surface area contributed by atoms with Gasteiger partial charge >= 0.3 is 0 Å². The van der Waals surface area contributed by atoms with E-state index in [1.807, 2.05) is 63.2 Å². The van der Waals surface area contributed by atoms with Crippen LogP contribution < -0.4 is 10.1 Å². The molecule has 0 spiro atoms. The van der Waals surface area contributed by atoms with Gasteiger partial charge in [-0.15, -0.1) is 0 Å². The molecule has 0 atom stereocenters. The van der Waals surface area contributed by atoms with Crippen LogP contribution in [0.4, 0.5) is 5.13 Å². The van der Waals surface area contributed by atoms with Crippen LogP contribution in [0.1, 0.15) is 33.3 Å². The molecule has 3 rings (SSSR count). The van der Waals surface area contributed by atoms with Crippen molar-refractivity contribution in [2.45, 2.75) is 27.7 Å². The molecule has 0 aliphatic heterocycles. The molecule has 1 amide bonds. The van der Waals surface area contributed by atoms with Crippen molar-refractivity contribution in [3.63, 3.8) is 0 Å². The first-order valence-electron chi connectivity index (χ1n) is 8.93. The molecule has 28 heavy (non-hydrogen) atoms. The molecule has 0 saturated heterocycles. The molecule has 6 heteroatoms. The van der Waals surface area contributed by atoms with Gasteiger partial charge in [-0.2, -0.15) is 0 Å². The lowest BCUT2D eigenvalue weighted by Crippen LogP contribution is -2.20. The predicted molar refractivity (Wildman–Crippen MR) is 112 cm³/mol. The molecule has 1 N–H and O–H groups in total. The number of nitrogens with one attached hydrogen (secondary N) is 1. The Hall–Kier alpha value is -2.99. The predicted octanol–water partition coefficient (Wildman–Crippen LogP) is 4.96. The molecule has 0 saturated carbocycles. The normalized spacial score (nSPS) is 10.6. The molecule has 0 aliphatic carbocycles. The third-order valence-electron chi connectivity index (χ3n) is 4.19. The van der Waals surface area contributed by atoms with Gasteiger partial charge in [-0.1, -0.05) is 59.4 Å². The number of aromatic nitrogens is 1. The molecule has 1 heterocycles. The van der Waals surface area contributed by atoms with Crippen molar-refractivity contribution in [1.82, 2.24) is 4.98 Å². The number of nitrogens with zero attached hydrogens (tertiary/aromatic N) is 1. The summed E-state index contributed by atoms with van der Waals surface area (Å²) < 4.78 is 5.72. The van der Waals surface area contributed by atoms with E-state index < -0.39 is 0 Å². The Morgan fingerprint density at radius 3 is 2.32 bits per heavy atom. The van der Waals surface area contributed by atoms with Gasteiger partial charge in [0, 0.05) is 12.5 Å². The van der Waals surface area contributed by atoms with Gasteiger partial charge < -0.3 is 4.74 Å². The Labute approximate surface area is 168 Å². The summed E-state index contributed by atoms with van der Waals surface area (Å²) in [6.45, 7) is 7.31. The smallest absolute Gasteiger partial charge is 0.264 e. The largest absolute Gasteiger partial charge is 0.483 e. The molecule has 0 fully saturated rings. The zero-order valence-corrected chi connectivity index (χ0v) is 17.1. The fourth-order valence-corrected chi connectivity index (χ4v) is 3.99. The number of ether oxygens (including phenoxy) is 1. The van der Waals surface area contributed by atoms with E-state index in [1.54, 1.807) is 0 Å². The zero-order chi connectivity index (χ0) is 20.3. The minimum Gasteiger partial charge on any atom is -0.483 e. The quantitative estimate of drug-likeness (QED) is 0.600. The zero-order valence-electron chi connectivity index (χ0n) is 16.3. The number of Topliss-reactive ketones (excluding diaryl/α,β-unsaturated/α-hetero) is 1. The summed E-state index contributed by atoms with van der Waals surface area (Å²) in [4.78, 5) is 29.3. The van der Waals surface area contributed by atoms with Crippen LogP contribution in [0.25, 0.3) is 11.3 Å². The van der Waals surface area contributed by atoms with E-state index in [0.29, 0.717) is 21.5 Å². The Morgan fingerprint density at radius 2 is 1.71 bits per heavy atom. The monoisotopic (exact) mass is 394 g/mol. The number of hydrogen-bond donors (Lipinski definition) is 1. The number of aryl methyl sites for hydroxylation is 3. The van der Waals surface area contributed by atoms with Gasteiger partial charge in [-0.3, -0.25) is 14.9 Å². The molecule has 3 aromatic rings. The van der Waals surface area contributed by atoms with E-state index in [9.17, 15) is 9.59 Å². The van der Waals surface area contributed by atoms with Gasteiger partial charge in [0.05, 0.1) is 10.6 Å². The second-order valence-electron chi connectivity index (χ2n) is 6.68. The first-order valence-corrected chi connectivity index (χ1v) is 9.74. The maximum Gasteiger partial charge on any atom is 0.264 e. The average Bonchev–Trinajstić information content (AvgIpc) is 3.05. The SMILES string of the molecule is CC(=O)c1sc(NC(=O)COc2c(C)cc(C)cc2C)nc1-c1ccccc1. The maximum atomic E-state index is 12.3. The van der Waals surface area contributed by atoms with Crippen LogP contribution in [0.5, 0.6) is 5.75 Å². The Morgan fingerprint density at radius 1 is 1.07 bits per heavy atom. The molecule has 0 aliphatic rings. The molecule has 144 valence electrons. The summed E-state index contributed by atoms with van der Waals surface area (Å²) >= 11 is 1.17. The molecule has 2 aromatic carbocycles. The number of thiazole rings is 1. The van der Waals surface area contributed by atoms with Crippen LogP contribution in [-0.2, 0) is 4.79 Å². The van der Waals surface area contributed by atoms with Crippen molar-refractivity contribution >= 4 is 28.2 Å². The second-order valence-corrected chi connectivity index (χ2v) is 7.68. The minimum atomic E-state index is -0.317. The Balaban J connectivity index is 1.74. The number of hydrogen-bond acceptors (Lipinski definition) is 5. The van der Waals surface area contributed by atoms with E-state index in [4.69, 9.17) is 4.74 Å². The first-order chi connectivity index (χ1) is 13.3. The van der Waals surface area contributed by atoms with Gasteiger partial charge in [-0.05, 0) is 31.9 Å². The van der Waals surface area contributed by atoms with Gasteiger partial charge in [0.1, 0.15) is 5.75 Å². The maximum absolute atomic E-state index is 12.3. The number of carbonyl (C=O) groups is 2. The molecule has 1 aromatic heterocycles. The third-order valence-corrected chi connectivity index (χ3v) is 5.26. The van der Waals surface area contributed by atoms with Crippen molar-refractivity contribution in [1.29, 1.82) is 0 Å². The van der Waals surface area contributed by atoms with Crippen molar-refractivity contribution in [3.05, 3.63) is 64.0 Å². The number of ketones is 1. The highest BCUT2D eigenvalue weighted by Crippen LogP contribution is 2.31. The van der Waals surface area contributed by atoms with E-state index in [-0.39, 0.29) is 18.3 Å². The van der Waals surface area contributed by atoms with Crippen molar-refractivity contribution in [2.75, 3.05) is 11.9 Å². The highest BCUT2D eigenvalue weighted by Gasteiger charge is 2.18. The lowest BCUT2D eigenvalue weighted by molar-refractivity contribution is -0.118. The summed E-state index contributed by atoms with van der Waals surface area (Å²) in [5.41, 5.74) is 4.56. The van der Waals surface area contributed by atoms with Crippen LogP contribution in [0.3, 0.4) is 0 Å². The van der Waals surface area contributed by atoms with Gasteiger partial charge in [0.25, 0.3) is 5.91 Å². The highest BCUT2D eigenvalue weighted by atomic mass is 32.1. The lowest BCUT2D eigenvalue weighted by atomic mass is 10.1. The van der Waals surface area contributed by atoms with Crippen molar-refractivity contribution < 1.29 is 14.3 Å². The fourth-order valence-electron chi connectivity index (χ4n) is 3.09. The van der Waals surface area contributed by atoms with Crippen LogP contribution in [0.15, 0.2) is 42.5 Å². The van der Waals surface area contributed by atoms with Crippen molar-refractivity contribution in [2.24, 2.45) is 0 Å². The summed E-state index contributed by atoms with van der Waals surface area (Å²) in [5.74, 6) is 0.316. The molecule has 5 nitrogen and oxygen atoms in total. The summed E-state index contributed by atoms with van der Waals surface area (Å²) in [7, 11) is 0. The number of amides is 1. The van der Waals surface area contributed by atoms with Crippen LogP contribution >= 0.6 is 11.3 Å². The van der Waals surface area contributed by atoms with Gasteiger partial charge in [0.15, 0.2) is 17.5 Å². The average molecular weight is 394 g/mol. The van der Waals surface area contributed by atoms with Crippen LogP contribution in [0, 0.1) is 20.8 Å². The van der Waals surface area contributed by atoms with Gasteiger partial charge in [0.2, 0.25) is 0 Å². The standard InChI is InChI=1S/C22H22N2O3S/c1-13-10-14(2)20(15(3)11-13)27-12-18(26)23-22-24-19(21(28-22)16(4)25)17-8-6-5-7-9-17/h5-11H,12H2,1-4H3,(H,23,24,26). The lowest BCUT2D eigenvalue weighted by Gasteiger charge is -2.12. The third kappa shape index (κ3) is 4.46. The van der Waals surface area contributed by atoms with E-state index in [0.717, 1.165) is 22.3 Å². The van der Waals surface area contributed by atoms with Gasteiger partial charge in [-0.25, -0.2) is 4.98 Å². The molecule has 0 radical (unpaired) electrons. The van der Waals surface area contributed by atoms with E-state index in [2.05, 4.69) is 10.3 Å². The number of benzene rings is 2. The molecular formula is C22H22N2O3S. The van der Waals surface area contributed by atoms with Crippen molar-refractivity contribution in [3.8, 4) is 17.0 Å². The van der Waals surface area contributed by atoms with E-state index >= 15 is 0 Å². The highest BCUT2D eigenvalue weighted by molar-refractivity contribution is 7.18. The minimum absolute atomic E-state index is 0.0843. The number of carbonyl (C=O) groups excluding carboxylic acids is 2. The molecule has 0 unspecified atom stereocenters. The molecular weight excluding hydrogens is 372 g/mol. The Bertz CT molecular complexity index is 1000. The van der Waals surface area contributed by atoms with E-state index in [1.165, 1.54) is 18.3 Å². The fraction of sp³-hybridized carbons (Fsp3) is 0.227. The second kappa shape index (κ2) is 8.35. The topological polar surface area (TPSA) is 68.3 Å². The number of anilines is 1. The van der Waals surface area contributed by atoms with Crippen LogP contribution in [0.2, 0.25) is 0 Å².